The van der Waals surface area contributed by atoms with Crippen molar-refractivity contribution in [2.24, 2.45) is 0 Å². The molecule has 0 saturated carbocycles. The highest BCUT2D eigenvalue weighted by Gasteiger charge is 2.33. The predicted octanol–water partition coefficient (Wildman–Crippen LogP) is 5.17. The van der Waals surface area contributed by atoms with E-state index in [4.69, 9.17) is 4.74 Å². The molecule has 1 aromatic heterocycles. The summed E-state index contributed by atoms with van der Waals surface area (Å²) >= 11 is 0. The van der Waals surface area contributed by atoms with E-state index in [2.05, 4.69) is 36.7 Å². The van der Waals surface area contributed by atoms with Crippen LogP contribution in [0.5, 0.6) is 0 Å². The first-order chi connectivity index (χ1) is 12.3. The second kappa shape index (κ2) is 8.85. The summed E-state index contributed by atoms with van der Waals surface area (Å²) in [5, 5.41) is 0. The van der Waals surface area contributed by atoms with Crippen molar-refractivity contribution in [3.63, 3.8) is 0 Å². The first-order valence-electron chi connectivity index (χ1n) is 9.99. The molecule has 2 rings (SSSR count). The zero-order valence-electron chi connectivity index (χ0n) is 17.3. The standard InChI is InChI=1S/C21H35N3O2/c1-7-14-23-15-10-12-18(23)17-11-9-13-22-19(17)24(16(3)8-2)20(25)26-21(4,5)6/h9,11,13,16,18H,7-8,10,12,14-15H2,1-6H3/t16-,18-/m0/s1. The van der Waals surface area contributed by atoms with Crippen LogP contribution >= 0.6 is 0 Å². The summed E-state index contributed by atoms with van der Waals surface area (Å²) in [6.45, 7) is 14.3. The number of ether oxygens (including phenoxy) is 1. The Balaban J connectivity index is 2.41. The molecule has 26 heavy (non-hydrogen) atoms. The Labute approximate surface area is 158 Å². The van der Waals surface area contributed by atoms with E-state index < -0.39 is 5.60 Å². The number of nitrogens with zero attached hydrogens (tertiary/aromatic N) is 3. The molecule has 2 atom stereocenters. The summed E-state index contributed by atoms with van der Waals surface area (Å²) in [6.07, 6.45) is 5.74. The topological polar surface area (TPSA) is 45.7 Å². The number of amides is 1. The number of rotatable bonds is 6. The van der Waals surface area contributed by atoms with E-state index in [0.29, 0.717) is 6.04 Å². The minimum Gasteiger partial charge on any atom is -0.443 e. The fourth-order valence-corrected chi connectivity index (χ4v) is 3.57. The number of likely N-dealkylation sites (tertiary alicyclic amines) is 1. The van der Waals surface area contributed by atoms with Crippen molar-refractivity contribution in [3.8, 4) is 0 Å². The summed E-state index contributed by atoms with van der Waals surface area (Å²) in [6, 6.07) is 4.46. The van der Waals surface area contributed by atoms with Crippen LogP contribution in [0.3, 0.4) is 0 Å². The van der Waals surface area contributed by atoms with Crippen LogP contribution in [0.2, 0.25) is 0 Å². The van der Waals surface area contributed by atoms with Crippen LogP contribution in [0.25, 0.3) is 0 Å². The molecule has 0 bridgehead atoms. The largest absolute Gasteiger partial charge is 0.443 e. The molecule has 146 valence electrons. The zero-order chi connectivity index (χ0) is 19.3. The average molecular weight is 362 g/mol. The molecule has 5 nitrogen and oxygen atoms in total. The summed E-state index contributed by atoms with van der Waals surface area (Å²) in [5.74, 6) is 0.754. The van der Waals surface area contributed by atoms with Crippen molar-refractivity contribution in [1.82, 2.24) is 9.88 Å². The van der Waals surface area contributed by atoms with Gasteiger partial charge in [-0.1, -0.05) is 19.9 Å². The van der Waals surface area contributed by atoms with Gasteiger partial charge in [0.05, 0.1) is 0 Å². The van der Waals surface area contributed by atoms with Crippen LogP contribution < -0.4 is 4.90 Å². The van der Waals surface area contributed by atoms with Crippen LogP contribution in [0.4, 0.5) is 10.6 Å². The highest BCUT2D eigenvalue weighted by molar-refractivity contribution is 5.88. The van der Waals surface area contributed by atoms with Crippen molar-refractivity contribution in [3.05, 3.63) is 23.9 Å². The molecular formula is C21H35N3O2. The van der Waals surface area contributed by atoms with Gasteiger partial charge in [0.2, 0.25) is 0 Å². The van der Waals surface area contributed by atoms with Gasteiger partial charge >= 0.3 is 6.09 Å². The quantitative estimate of drug-likeness (QED) is 0.701. The van der Waals surface area contributed by atoms with Crippen LogP contribution in [0, 0.1) is 0 Å². The average Bonchev–Trinajstić information content (AvgIpc) is 3.02. The number of carbonyl (C=O) groups is 1. The summed E-state index contributed by atoms with van der Waals surface area (Å²) in [5.41, 5.74) is 0.615. The van der Waals surface area contributed by atoms with Crippen molar-refractivity contribution >= 4 is 11.9 Å². The van der Waals surface area contributed by atoms with Crippen LogP contribution in [0.1, 0.15) is 78.8 Å². The predicted molar refractivity (Wildman–Crippen MR) is 107 cm³/mol. The molecular weight excluding hydrogens is 326 g/mol. The molecule has 0 radical (unpaired) electrons. The van der Waals surface area contributed by atoms with E-state index in [-0.39, 0.29) is 12.1 Å². The van der Waals surface area contributed by atoms with Crippen LogP contribution in [0.15, 0.2) is 18.3 Å². The maximum Gasteiger partial charge on any atom is 0.416 e. The Morgan fingerprint density at radius 2 is 2.15 bits per heavy atom. The van der Waals surface area contributed by atoms with Crippen molar-refractivity contribution in [2.45, 2.75) is 84.9 Å². The Morgan fingerprint density at radius 3 is 2.77 bits per heavy atom. The van der Waals surface area contributed by atoms with Crippen LogP contribution in [-0.4, -0.2) is 40.7 Å². The number of anilines is 1. The molecule has 0 aromatic carbocycles. The number of aromatic nitrogens is 1. The van der Waals surface area contributed by atoms with Gasteiger partial charge in [0.1, 0.15) is 11.4 Å². The lowest BCUT2D eigenvalue weighted by molar-refractivity contribution is 0.0565. The molecule has 1 aromatic rings. The fourth-order valence-electron chi connectivity index (χ4n) is 3.57. The van der Waals surface area contributed by atoms with Gasteiger partial charge in [0, 0.05) is 23.8 Å². The van der Waals surface area contributed by atoms with E-state index >= 15 is 0 Å². The number of pyridine rings is 1. The van der Waals surface area contributed by atoms with E-state index in [1.807, 2.05) is 26.8 Å². The maximum atomic E-state index is 13.0. The molecule has 1 aliphatic rings. The summed E-state index contributed by atoms with van der Waals surface area (Å²) in [7, 11) is 0. The minimum absolute atomic E-state index is 0.0273. The lowest BCUT2D eigenvalue weighted by atomic mass is 10.0. The SMILES string of the molecule is CCCN1CCC[C@H]1c1cccnc1N(C(=O)OC(C)(C)C)[C@@H](C)CC. The molecule has 0 unspecified atom stereocenters. The van der Waals surface area contributed by atoms with Gasteiger partial charge in [-0.05, 0) is 72.5 Å². The Morgan fingerprint density at radius 1 is 1.42 bits per heavy atom. The zero-order valence-corrected chi connectivity index (χ0v) is 17.3. The highest BCUT2D eigenvalue weighted by atomic mass is 16.6. The first kappa shape index (κ1) is 20.7. The molecule has 1 fully saturated rings. The van der Waals surface area contributed by atoms with E-state index in [1.165, 1.54) is 6.42 Å². The van der Waals surface area contributed by atoms with E-state index in [9.17, 15) is 4.79 Å². The third-order valence-corrected chi connectivity index (χ3v) is 4.90. The molecule has 0 spiro atoms. The van der Waals surface area contributed by atoms with Crippen molar-refractivity contribution in [1.29, 1.82) is 0 Å². The Hall–Kier alpha value is -1.62. The fraction of sp³-hybridized carbons (Fsp3) is 0.714. The van der Waals surface area contributed by atoms with Gasteiger partial charge in [0.15, 0.2) is 0 Å². The third-order valence-electron chi connectivity index (χ3n) is 4.90. The van der Waals surface area contributed by atoms with E-state index in [0.717, 1.165) is 43.7 Å². The molecule has 1 saturated heterocycles. The molecule has 0 N–H and O–H groups in total. The molecule has 0 aliphatic carbocycles. The normalized spacial score (nSPS) is 19.4. The van der Waals surface area contributed by atoms with Crippen LogP contribution in [-0.2, 0) is 4.74 Å². The van der Waals surface area contributed by atoms with Gasteiger partial charge in [-0.15, -0.1) is 0 Å². The minimum atomic E-state index is -0.528. The van der Waals surface area contributed by atoms with Crippen molar-refractivity contribution < 1.29 is 9.53 Å². The number of hydrogen-bond acceptors (Lipinski definition) is 4. The van der Waals surface area contributed by atoms with Gasteiger partial charge in [-0.3, -0.25) is 9.80 Å². The van der Waals surface area contributed by atoms with Gasteiger partial charge in [-0.2, -0.15) is 0 Å². The summed E-state index contributed by atoms with van der Waals surface area (Å²) in [4.78, 5) is 21.9. The molecule has 1 amide bonds. The highest BCUT2D eigenvalue weighted by Crippen LogP contribution is 2.37. The monoisotopic (exact) mass is 361 g/mol. The second-order valence-electron chi connectivity index (χ2n) is 8.22. The van der Waals surface area contributed by atoms with Gasteiger partial charge in [-0.25, -0.2) is 9.78 Å². The Bertz CT molecular complexity index is 597. The third kappa shape index (κ3) is 4.97. The first-order valence-corrected chi connectivity index (χ1v) is 9.99. The van der Waals surface area contributed by atoms with Crippen molar-refractivity contribution in [2.75, 3.05) is 18.0 Å². The second-order valence-corrected chi connectivity index (χ2v) is 8.22. The molecule has 2 heterocycles. The van der Waals surface area contributed by atoms with E-state index in [1.54, 1.807) is 11.1 Å². The van der Waals surface area contributed by atoms with Gasteiger partial charge in [0.25, 0.3) is 0 Å². The number of carbonyl (C=O) groups excluding carboxylic acids is 1. The van der Waals surface area contributed by atoms with Gasteiger partial charge < -0.3 is 4.74 Å². The summed E-state index contributed by atoms with van der Waals surface area (Å²) < 4.78 is 5.70. The Kier molecular flexibility index (Phi) is 7.04. The number of hydrogen-bond donors (Lipinski definition) is 0. The molecule has 5 heteroatoms. The smallest absolute Gasteiger partial charge is 0.416 e. The molecule has 1 aliphatic heterocycles. The lowest BCUT2D eigenvalue weighted by Crippen LogP contribution is -2.43. The lowest BCUT2D eigenvalue weighted by Gasteiger charge is -2.34. The maximum absolute atomic E-state index is 13.0.